The predicted octanol–water partition coefficient (Wildman–Crippen LogP) is 3.73. The molecule has 116 valence electrons. The Morgan fingerprint density at radius 1 is 1.05 bits per heavy atom. The lowest BCUT2D eigenvalue weighted by Gasteiger charge is -2.35. The van der Waals surface area contributed by atoms with E-state index in [-0.39, 0.29) is 0 Å². The van der Waals surface area contributed by atoms with Crippen LogP contribution < -0.4 is 4.90 Å². The van der Waals surface area contributed by atoms with E-state index >= 15 is 0 Å². The number of rotatable bonds is 2. The summed E-state index contributed by atoms with van der Waals surface area (Å²) < 4.78 is 0. The molecule has 2 aromatic rings. The quantitative estimate of drug-likeness (QED) is 0.842. The lowest BCUT2D eigenvalue weighted by atomic mass is 9.87. The van der Waals surface area contributed by atoms with E-state index in [1.807, 2.05) is 6.20 Å². The summed E-state index contributed by atoms with van der Waals surface area (Å²) in [6.45, 7) is 4.60. The SMILES string of the molecule is c1ccc2c(c1)CCC[C@H]2N1CCCN(c2nccs2)CC1. The number of benzene rings is 1. The summed E-state index contributed by atoms with van der Waals surface area (Å²) in [6.07, 6.45) is 7.05. The molecule has 1 aromatic heterocycles. The summed E-state index contributed by atoms with van der Waals surface area (Å²) >= 11 is 1.76. The van der Waals surface area contributed by atoms with Crippen LogP contribution in [0.5, 0.6) is 0 Å². The second-order valence-corrected chi connectivity index (χ2v) is 7.17. The molecule has 0 saturated carbocycles. The number of nitrogens with zero attached hydrogens (tertiary/aromatic N) is 3. The first-order valence-corrected chi connectivity index (χ1v) is 9.26. The predicted molar refractivity (Wildman–Crippen MR) is 92.6 cm³/mol. The van der Waals surface area contributed by atoms with Crippen LogP contribution in [0.15, 0.2) is 35.8 Å². The highest BCUT2D eigenvalue weighted by atomic mass is 32.1. The van der Waals surface area contributed by atoms with Crippen molar-refractivity contribution in [3.8, 4) is 0 Å². The molecule has 3 nitrogen and oxygen atoms in total. The third-order valence-corrected chi connectivity index (χ3v) is 5.83. The van der Waals surface area contributed by atoms with Crippen molar-refractivity contribution in [1.29, 1.82) is 0 Å². The Bertz CT molecular complexity index is 611. The molecule has 1 fully saturated rings. The largest absolute Gasteiger partial charge is 0.347 e. The van der Waals surface area contributed by atoms with Crippen LogP contribution in [0, 0.1) is 0 Å². The third-order valence-electron chi connectivity index (χ3n) is 5.00. The van der Waals surface area contributed by atoms with Gasteiger partial charge >= 0.3 is 0 Å². The summed E-state index contributed by atoms with van der Waals surface area (Å²) in [4.78, 5) is 9.65. The molecule has 0 spiro atoms. The highest BCUT2D eigenvalue weighted by Crippen LogP contribution is 2.35. The lowest BCUT2D eigenvalue weighted by Crippen LogP contribution is -2.35. The van der Waals surface area contributed by atoms with Crippen molar-refractivity contribution in [3.05, 3.63) is 47.0 Å². The van der Waals surface area contributed by atoms with Crippen molar-refractivity contribution in [2.45, 2.75) is 31.7 Å². The smallest absolute Gasteiger partial charge is 0.185 e. The third kappa shape index (κ3) is 2.77. The number of hydrogen-bond donors (Lipinski definition) is 0. The first-order chi connectivity index (χ1) is 10.9. The monoisotopic (exact) mass is 313 g/mol. The van der Waals surface area contributed by atoms with Crippen molar-refractivity contribution in [3.63, 3.8) is 0 Å². The average Bonchev–Trinajstić information content (AvgIpc) is 2.99. The second kappa shape index (κ2) is 6.39. The highest BCUT2D eigenvalue weighted by Gasteiger charge is 2.27. The molecule has 4 rings (SSSR count). The van der Waals surface area contributed by atoms with E-state index in [1.54, 1.807) is 22.5 Å². The van der Waals surface area contributed by atoms with Crippen molar-refractivity contribution >= 4 is 16.5 Å². The Morgan fingerprint density at radius 2 is 2.00 bits per heavy atom. The minimum absolute atomic E-state index is 0.626. The van der Waals surface area contributed by atoms with E-state index in [2.05, 4.69) is 44.4 Å². The molecule has 0 bridgehead atoms. The van der Waals surface area contributed by atoms with Gasteiger partial charge in [-0.3, -0.25) is 4.90 Å². The number of anilines is 1. The van der Waals surface area contributed by atoms with E-state index in [0.29, 0.717) is 6.04 Å². The zero-order valence-electron chi connectivity index (χ0n) is 12.9. The minimum Gasteiger partial charge on any atom is -0.347 e. The Kier molecular flexibility index (Phi) is 4.13. The Labute approximate surface area is 136 Å². The second-order valence-electron chi connectivity index (χ2n) is 6.30. The van der Waals surface area contributed by atoms with Gasteiger partial charge in [-0.25, -0.2) is 4.98 Å². The molecule has 0 unspecified atom stereocenters. The Morgan fingerprint density at radius 3 is 2.91 bits per heavy atom. The summed E-state index contributed by atoms with van der Waals surface area (Å²) in [5.41, 5.74) is 3.15. The van der Waals surface area contributed by atoms with Gasteiger partial charge in [0, 0.05) is 43.8 Å². The molecule has 1 saturated heterocycles. The van der Waals surface area contributed by atoms with Gasteiger partial charge in [-0.05, 0) is 36.8 Å². The maximum atomic E-state index is 4.48. The van der Waals surface area contributed by atoms with Gasteiger partial charge in [0.15, 0.2) is 5.13 Å². The molecule has 1 aliphatic heterocycles. The molecule has 0 N–H and O–H groups in total. The van der Waals surface area contributed by atoms with Crippen molar-refractivity contribution < 1.29 is 0 Å². The van der Waals surface area contributed by atoms with E-state index in [0.717, 1.165) is 19.6 Å². The molecule has 0 amide bonds. The summed E-state index contributed by atoms with van der Waals surface area (Å²) in [5.74, 6) is 0. The van der Waals surface area contributed by atoms with Gasteiger partial charge in [0.05, 0.1) is 0 Å². The fraction of sp³-hybridized carbons (Fsp3) is 0.500. The van der Waals surface area contributed by atoms with Gasteiger partial charge in [-0.2, -0.15) is 0 Å². The van der Waals surface area contributed by atoms with Crippen LogP contribution in [-0.4, -0.2) is 36.1 Å². The average molecular weight is 313 g/mol. The highest BCUT2D eigenvalue weighted by molar-refractivity contribution is 7.13. The first kappa shape index (κ1) is 14.2. The number of fused-ring (bicyclic) bond motifs is 1. The zero-order chi connectivity index (χ0) is 14.8. The summed E-state index contributed by atoms with van der Waals surface area (Å²) in [5, 5.41) is 3.26. The normalized spacial score (nSPS) is 23.1. The number of aryl methyl sites for hydroxylation is 1. The van der Waals surface area contributed by atoms with Crippen molar-refractivity contribution in [2.75, 3.05) is 31.1 Å². The first-order valence-electron chi connectivity index (χ1n) is 8.38. The number of aromatic nitrogens is 1. The summed E-state index contributed by atoms with van der Waals surface area (Å²) in [7, 11) is 0. The van der Waals surface area contributed by atoms with E-state index in [4.69, 9.17) is 0 Å². The number of thiazole rings is 1. The van der Waals surface area contributed by atoms with Gasteiger partial charge in [0.1, 0.15) is 0 Å². The molecule has 2 aliphatic rings. The molecule has 22 heavy (non-hydrogen) atoms. The fourth-order valence-corrected chi connectivity index (χ4v) is 4.62. The van der Waals surface area contributed by atoms with E-state index in [1.165, 1.54) is 37.4 Å². The van der Waals surface area contributed by atoms with Gasteiger partial charge in [0.2, 0.25) is 0 Å². The molecule has 1 aromatic carbocycles. The van der Waals surface area contributed by atoms with Gasteiger partial charge < -0.3 is 4.90 Å². The molecular formula is C18H23N3S. The van der Waals surface area contributed by atoms with Gasteiger partial charge in [-0.1, -0.05) is 24.3 Å². The lowest BCUT2D eigenvalue weighted by molar-refractivity contribution is 0.191. The molecule has 0 radical (unpaired) electrons. The molecule has 2 heterocycles. The maximum absolute atomic E-state index is 4.48. The van der Waals surface area contributed by atoms with Crippen LogP contribution >= 0.6 is 11.3 Å². The van der Waals surface area contributed by atoms with Crippen LogP contribution in [-0.2, 0) is 6.42 Å². The summed E-state index contributed by atoms with van der Waals surface area (Å²) in [6, 6.07) is 9.69. The minimum atomic E-state index is 0.626. The van der Waals surface area contributed by atoms with Gasteiger partial charge in [0.25, 0.3) is 0 Å². The number of hydrogen-bond acceptors (Lipinski definition) is 4. The fourth-order valence-electron chi connectivity index (χ4n) is 3.92. The van der Waals surface area contributed by atoms with Crippen LogP contribution in [0.2, 0.25) is 0 Å². The molecule has 1 atom stereocenters. The standard InChI is InChI=1S/C18H23N3S/c1-2-7-16-15(5-1)6-3-8-17(16)20-10-4-11-21(13-12-20)18-19-9-14-22-18/h1-2,5,7,9,14,17H,3-4,6,8,10-13H2/t17-/m1/s1. The zero-order valence-corrected chi connectivity index (χ0v) is 13.8. The molecule has 4 heteroatoms. The van der Waals surface area contributed by atoms with Crippen LogP contribution in [0.4, 0.5) is 5.13 Å². The van der Waals surface area contributed by atoms with Gasteiger partial charge in [-0.15, -0.1) is 11.3 Å². The molecular weight excluding hydrogens is 290 g/mol. The van der Waals surface area contributed by atoms with E-state index < -0.39 is 0 Å². The maximum Gasteiger partial charge on any atom is 0.185 e. The Balaban J connectivity index is 1.50. The topological polar surface area (TPSA) is 19.4 Å². The van der Waals surface area contributed by atoms with Crippen LogP contribution in [0.1, 0.15) is 36.4 Å². The van der Waals surface area contributed by atoms with Crippen molar-refractivity contribution in [1.82, 2.24) is 9.88 Å². The van der Waals surface area contributed by atoms with E-state index in [9.17, 15) is 0 Å². The molecule has 1 aliphatic carbocycles. The Hall–Kier alpha value is -1.39. The van der Waals surface area contributed by atoms with Crippen LogP contribution in [0.3, 0.4) is 0 Å². The van der Waals surface area contributed by atoms with Crippen molar-refractivity contribution in [2.24, 2.45) is 0 Å². The van der Waals surface area contributed by atoms with Crippen LogP contribution in [0.25, 0.3) is 0 Å².